The number of nitrogens with zero attached hydrogens (tertiary/aromatic N) is 6. The Morgan fingerprint density at radius 2 is 1.84 bits per heavy atom. The Kier molecular flexibility index (Phi) is 5.79. The third kappa shape index (κ3) is 5.09. The molecule has 12 nitrogen and oxygen atoms in total. The van der Waals surface area contributed by atoms with Crippen LogP contribution in [0.1, 0.15) is 5.69 Å². The highest BCUT2D eigenvalue weighted by Gasteiger charge is 2.32. The molecule has 0 saturated heterocycles. The number of hydrogen-bond acceptors (Lipinski definition) is 9. The minimum atomic E-state index is -4.54. The molecule has 0 aliphatic carbocycles. The van der Waals surface area contributed by atoms with Crippen LogP contribution in [0.25, 0.3) is 22.4 Å². The van der Waals surface area contributed by atoms with E-state index in [2.05, 4.69) is 40.8 Å². The van der Waals surface area contributed by atoms with Crippen molar-refractivity contribution in [3.8, 4) is 11.3 Å². The minimum Gasteiger partial charge on any atom is -0.399 e. The summed E-state index contributed by atoms with van der Waals surface area (Å²) in [5.41, 5.74) is 13.4. The van der Waals surface area contributed by atoms with E-state index in [1.165, 1.54) is 23.0 Å². The lowest BCUT2D eigenvalue weighted by molar-refractivity contribution is -0.141. The van der Waals surface area contributed by atoms with Gasteiger partial charge in [0.1, 0.15) is 12.2 Å². The van der Waals surface area contributed by atoms with Crippen molar-refractivity contribution >= 4 is 46.0 Å². The highest BCUT2D eigenvalue weighted by Crippen LogP contribution is 2.29. The van der Waals surface area contributed by atoms with E-state index in [4.69, 9.17) is 11.5 Å². The van der Waals surface area contributed by atoms with Crippen LogP contribution < -0.4 is 22.1 Å². The first-order valence-corrected chi connectivity index (χ1v) is 10.7. The molecule has 5 rings (SSSR count). The van der Waals surface area contributed by atoms with Crippen LogP contribution in [0.3, 0.4) is 0 Å². The molecule has 1 aromatic carbocycles. The van der Waals surface area contributed by atoms with Gasteiger partial charge in [-0.3, -0.25) is 14.9 Å². The monoisotopic (exact) mass is 509 g/mol. The Balaban J connectivity index is 1.30. The Morgan fingerprint density at radius 1 is 1.05 bits per heavy atom. The third-order valence-electron chi connectivity index (χ3n) is 5.18. The van der Waals surface area contributed by atoms with Crippen molar-refractivity contribution in [2.24, 2.45) is 0 Å². The lowest BCUT2D eigenvalue weighted by Crippen LogP contribution is -2.19. The molecule has 0 atom stereocenters. The summed E-state index contributed by atoms with van der Waals surface area (Å²) in [5, 5.41) is 12.4. The second-order valence-electron chi connectivity index (χ2n) is 7.87. The number of nitrogen functional groups attached to an aromatic ring is 2. The smallest absolute Gasteiger partial charge is 0.399 e. The van der Waals surface area contributed by atoms with Gasteiger partial charge in [0.05, 0.1) is 12.0 Å². The number of alkyl halides is 3. The molecule has 0 unspecified atom stereocenters. The maximum absolute atomic E-state index is 12.7. The molecule has 4 heterocycles. The van der Waals surface area contributed by atoms with Crippen molar-refractivity contribution in [3.63, 3.8) is 0 Å². The van der Waals surface area contributed by atoms with E-state index in [1.807, 2.05) is 0 Å². The highest BCUT2D eigenvalue weighted by atomic mass is 19.4. The quantitative estimate of drug-likeness (QED) is 0.215. The zero-order chi connectivity index (χ0) is 26.2. The summed E-state index contributed by atoms with van der Waals surface area (Å²) in [7, 11) is 0. The molecule has 1 amide bonds. The Labute approximate surface area is 206 Å². The number of nitrogens with two attached hydrogens (primary N) is 2. The molecular weight excluding hydrogens is 491 g/mol. The molecule has 0 aliphatic heterocycles. The number of aromatic amines is 1. The molecule has 0 spiro atoms. The van der Waals surface area contributed by atoms with Gasteiger partial charge in [-0.15, -0.1) is 0 Å². The Morgan fingerprint density at radius 3 is 2.54 bits per heavy atom. The van der Waals surface area contributed by atoms with E-state index >= 15 is 0 Å². The fourth-order valence-electron chi connectivity index (χ4n) is 3.46. The number of imidazole rings is 1. The average Bonchev–Trinajstić information content (AvgIpc) is 3.47. The highest BCUT2D eigenvalue weighted by molar-refractivity contribution is 5.92. The number of nitrogens with one attached hydrogen (secondary N) is 3. The maximum atomic E-state index is 12.7. The van der Waals surface area contributed by atoms with Gasteiger partial charge in [0.2, 0.25) is 11.9 Å². The largest absolute Gasteiger partial charge is 0.433 e. The van der Waals surface area contributed by atoms with Crippen LogP contribution in [0, 0.1) is 0 Å². The summed E-state index contributed by atoms with van der Waals surface area (Å²) >= 11 is 0. The van der Waals surface area contributed by atoms with Crippen molar-refractivity contribution in [2.45, 2.75) is 12.7 Å². The number of aromatic nitrogens is 7. The van der Waals surface area contributed by atoms with Gasteiger partial charge in [-0.25, -0.2) is 4.98 Å². The number of halogens is 3. The van der Waals surface area contributed by atoms with E-state index in [-0.39, 0.29) is 18.3 Å². The predicted octanol–water partition coefficient (Wildman–Crippen LogP) is 3.18. The van der Waals surface area contributed by atoms with Crippen LogP contribution in [-0.2, 0) is 17.5 Å². The van der Waals surface area contributed by atoms with Gasteiger partial charge in [0, 0.05) is 29.2 Å². The van der Waals surface area contributed by atoms with E-state index in [0.717, 1.165) is 12.3 Å². The summed E-state index contributed by atoms with van der Waals surface area (Å²) in [6, 6.07) is 10.6. The maximum Gasteiger partial charge on any atom is 0.433 e. The number of anilines is 5. The van der Waals surface area contributed by atoms with Gasteiger partial charge in [-0.05, 0) is 36.4 Å². The summed E-state index contributed by atoms with van der Waals surface area (Å²) in [6.07, 6.45) is -2.04. The molecule has 15 heteroatoms. The van der Waals surface area contributed by atoms with Crippen LogP contribution in [0.5, 0.6) is 0 Å². The van der Waals surface area contributed by atoms with Crippen molar-refractivity contribution < 1.29 is 18.0 Å². The summed E-state index contributed by atoms with van der Waals surface area (Å²) in [4.78, 5) is 28.8. The van der Waals surface area contributed by atoms with Gasteiger partial charge in [-0.1, -0.05) is 0 Å². The molecule has 0 bridgehead atoms. The zero-order valence-electron chi connectivity index (χ0n) is 18.8. The van der Waals surface area contributed by atoms with E-state index in [0.29, 0.717) is 39.6 Å². The molecule has 0 saturated carbocycles. The Bertz CT molecular complexity index is 1570. The number of rotatable bonds is 6. The molecule has 7 N–H and O–H groups in total. The van der Waals surface area contributed by atoms with Crippen molar-refractivity contribution in [2.75, 3.05) is 22.1 Å². The van der Waals surface area contributed by atoms with Crippen LogP contribution in [0.2, 0.25) is 0 Å². The van der Waals surface area contributed by atoms with Crippen molar-refractivity contribution in [3.05, 3.63) is 60.7 Å². The second kappa shape index (κ2) is 9.10. The third-order valence-corrected chi connectivity index (χ3v) is 5.18. The number of H-pyrrole nitrogens is 1. The average molecular weight is 509 g/mol. The number of benzene rings is 1. The summed E-state index contributed by atoms with van der Waals surface area (Å²) < 4.78 is 39.6. The first-order valence-electron chi connectivity index (χ1n) is 10.7. The van der Waals surface area contributed by atoms with E-state index < -0.39 is 17.8 Å². The van der Waals surface area contributed by atoms with Gasteiger partial charge in [0.15, 0.2) is 22.8 Å². The molecule has 0 aliphatic rings. The molecule has 4 aromatic heterocycles. The van der Waals surface area contributed by atoms with Gasteiger partial charge >= 0.3 is 6.18 Å². The van der Waals surface area contributed by atoms with Gasteiger partial charge in [0.25, 0.3) is 0 Å². The van der Waals surface area contributed by atoms with Crippen molar-refractivity contribution in [1.29, 1.82) is 0 Å². The van der Waals surface area contributed by atoms with Crippen molar-refractivity contribution in [1.82, 2.24) is 34.7 Å². The first-order chi connectivity index (χ1) is 17.7. The SMILES string of the molecule is Nc1ccc(Nc2nc(N)nc3c2ncn3CC(=O)Nc2cc(-c3ccc(C(F)(F)F)nc3)[nH]n2)cc1. The molecule has 37 heavy (non-hydrogen) atoms. The first kappa shape index (κ1) is 23.5. The standard InChI is InChI=1S/C22H18F3N11O/c23-22(24,25)15-6-1-11(8-28-15)14-7-16(35-34-14)31-17(37)9-36-10-29-18-19(32-21(27)33-20(18)36)30-13-4-2-12(26)3-5-13/h1-8,10H,9,26H2,(H3,27,30,32,33)(H2,31,34,35,37). The second-order valence-corrected chi connectivity index (χ2v) is 7.87. The molecule has 0 radical (unpaired) electrons. The number of carbonyl (C=O) groups excluding carboxylic acids is 1. The number of amides is 1. The van der Waals surface area contributed by atoms with E-state index in [1.54, 1.807) is 24.3 Å². The Hall–Kier alpha value is -5.21. The summed E-state index contributed by atoms with van der Waals surface area (Å²) in [5.74, 6) is 0.0560. The minimum absolute atomic E-state index is 0.0188. The molecular formula is C22H18F3N11O. The van der Waals surface area contributed by atoms with Crippen LogP contribution >= 0.6 is 0 Å². The topological polar surface area (TPSA) is 178 Å². The number of fused-ring (bicyclic) bond motifs is 1. The molecule has 188 valence electrons. The molecule has 0 fully saturated rings. The normalized spacial score (nSPS) is 11.5. The lowest BCUT2D eigenvalue weighted by atomic mass is 10.2. The van der Waals surface area contributed by atoms with Crippen LogP contribution in [0.15, 0.2) is 55.0 Å². The molecule has 5 aromatic rings. The fourth-order valence-corrected chi connectivity index (χ4v) is 3.46. The van der Waals surface area contributed by atoms with Gasteiger partial charge in [-0.2, -0.15) is 28.2 Å². The van der Waals surface area contributed by atoms with Crippen LogP contribution in [-0.4, -0.2) is 40.6 Å². The number of carbonyl (C=O) groups is 1. The van der Waals surface area contributed by atoms with Gasteiger partial charge < -0.3 is 26.7 Å². The van der Waals surface area contributed by atoms with Crippen LogP contribution in [0.4, 0.5) is 42.1 Å². The fraction of sp³-hybridized carbons (Fsp3) is 0.0909. The van der Waals surface area contributed by atoms with E-state index in [9.17, 15) is 18.0 Å². The zero-order valence-corrected chi connectivity index (χ0v) is 18.8. The number of hydrogen-bond donors (Lipinski definition) is 5. The summed E-state index contributed by atoms with van der Waals surface area (Å²) in [6.45, 7) is -0.168. The predicted molar refractivity (Wildman–Crippen MR) is 129 cm³/mol. The lowest BCUT2D eigenvalue weighted by Gasteiger charge is -2.08. The number of pyridine rings is 1.